The predicted molar refractivity (Wildman–Crippen MR) is 126 cm³/mol. The van der Waals surface area contributed by atoms with Gasteiger partial charge in [0, 0.05) is 34.8 Å². The van der Waals surface area contributed by atoms with Crippen molar-refractivity contribution in [1.82, 2.24) is 0 Å². The van der Waals surface area contributed by atoms with Crippen molar-refractivity contribution in [2.45, 2.75) is 23.0 Å². The zero-order chi connectivity index (χ0) is 22.1. The molecular formula is C25H21N3O3S. The Labute approximate surface area is 190 Å². The number of anilines is 3. The normalized spacial score (nSPS) is 16.7. The molecule has 1 atom stereocenters. The van der Waals surface area contributed by atoms with Gasteiger partial charge in [-0.3, -0.25) is 14.4 Å². The second kappa shape index (κ2) is 8.51. The summed E-state index contributed by atoms with van der Waals surface area (Å²) in [5.74, 6) is -0.470. The lowest BCUT2D eigenvalue weighted by Gasteiger charge is -2.23. The molecule has 3 amide bonds. The average Bonchev–Trinajstić information content (AvgIpc) is 3.24. The molecule has 32 heavy (non-hydrogen) atoms. The Morgan fingerprint density at radius 3 is 2.59 bits per heavy atom. The monoisotopic (exact) mass is 443 g/mol. The number of carbonyl (C=O) groups is 3. The summed E-state index contributed by atoms with van der Waals surface area (Å²) in [7, 11) is 0. The van der Waals surface area contributed by atoms with Crippen LogP contribution in [0.2, 0.25) is 0 Å². The van der Waals surface area contributed by atoms with Crippen LogP contribution in [0, 0.1) is 0 Å². The zero-order valence-corrected chi connectivity index (χ0v) is 18.0. The molecule has 3 aromatic rings. The molecule has 0 fully saturated rings. The maximum Gasteiger partial charge on any atom is 0.258 e. The van der Waals surface area contributed by atoms with Gasteiger partial charge in [-0.25, -0.2) is 0 Å². The summed E-state index contributed by atoms with van der Waals surface area (Å²) in [6.45, 7) is 0.668. The van der Waals surface area contributed by atoms with Gasteiger partial charge in [-0.05, 0) is 54.4 Å². The van der Waals surface area contributed by atoms with Crippen LogP contribution in [0.25, 0.3) is 0 Å². The average molecular weight is 444 g/mol. The molecule has 5 rings (SSSR count). The number of hydrogen-bond acceptors (Lipinski definition) is 4. The Kier molecular flexibility index (Phi) is 5.41. The van der Waals surface area contributed by atoms with Crippen LogP contribution < -0.4 is 15.5 Å². The van der Waals surface area contributed by atoms with Gasteiger partial charge in [0.15, 0.2) is 0 Å². The third kappa shape index (κ3) is 3.99. The zero-order valence-electron chi connectivity index (χ0n) is 17.2. The molecule has 6 nitrogen and oxygen atoms in total. The van der Waals surface area contributed by atoms with E-state index in [-0.39, 0.29) is 24.1 Å². The van der Waals surface area contributed by atoms with Gasteiger partial charge in [-0.1, -0.05) is 30.3 Å². The van der Waals surface area contributed by atoms with Crippen molar-refractivity contribution in [2.75, 3.05) is 22.1 Å². The number of thioether (sulfide) groups is 1. The molecule has 0 radical (unpaired) electrons. The molecule has 3 aromatic carbocycles. The second-order valence-electron chi connectivity index (χ2n) is 7.76. The summed E-state index contributed by atoms with van der Waals surface area (Å²) in [6.07, 6.45) is 0.920. The summed E-state index contributed by atoms with van der Waals surface area (Å²) in [5, 5.41) is 5.19. The highest BCUT2D eigenvalue weighted by Crippen LogP contribution is 2.36. The van der Waals surface area contributed by atoms with E-state index >= 15 is 0 Å². The number of nitrogens with zero attached hydrogens (tertiary/aromatic N) is 1. The Morgan fingerprint density at radius 1 is 1.00 bits per heavy atom. The number of amides is 3. The molecule has 2 N–H and O–H groups in total. The van der Waals surface area contributed by atoms with E-state index in [1.54, 1.807) is 29.2 Å². The number of hydrogen-bond donors (Lipinski definition) is 2. The molecule has 160 valence electrons. The quantitative estimate of drug-likeness (QED) is 0.629. The van der Waals surface area contributed by atoms with E-state index in [9.17, 15) is 14.4 Å². The maximum absolute atomic E-state index is 12.9. The van der Waals surface area contributed by atoms with E-state index in [0.29, 0.717) is 17.8 Å². The van der Waals surface area contributed by atoms with Gasteiger partial charge >= 0.3 is 0 Å². The first-order valence-corrected chi connectivity index (χ1v) is 11.3. The number of benzene rings is 3. The molecule has 2 aliphatic heterocycles. The summed E-state index contributed by atoms with van der Waals surface area (Å²) in [6, 6.07) is 22.4. The van der Waals surface area contributed by atoms with Crippen LogP contribution in [0.15, 0.2) is 77.7 Å². The van der Waals surface area contributed by atoms with Gasteiger partial charge in [0.1, 0.15) is 0 Å². The van der Waals surface area contributed by atoms with Crippen LogP contribution in [-0.2, 0) is 16.0 Å². The number of rotatable bonds is 4. The molecule has 0 spiro atoms. The van der Waals surface area contributed by atoms with Crippen LogP contribution >= 0.6 is 11.8 Å². The van der Waals surface area contributed by atoms with Crippen molar-refractivity contribution in [3.63, 3.8) is 0 Å². The first-order chi connectivity index (χ1) is 15.6. The van der Waals surface area contributed by atoms with Crippen molar-refractivity contribution in [2.24, 2.45) is 0 Å². The van der Waals surface area contributed by atoms with E-state index in [2.05, 4.69) is 10.6 Å². The van der Waals surface area contributed by atoms with Gasteiger partial charge in [0.05, 0.1) is 10.9 Å². The maximum atomic E-state index is 12.9. The molecule has 2 aliphatic rings. The van der Waals surface area contributed by atoms with Crippen molar-refractivity contribution >= 4 is 46.5 Å². The second-order valence-corrected chi connectivity index (χ2v) is 9.00. The van der Waals surface area contributed by atoms with Crippen LogP contribution in [0.4, 0.5) is 17.1 Å². The molecule has 0 saturated heterocycles. The molecule has 0 aromatic heterocycles. The van der Waals surface area contributed by atoms with E-state index < -0.39 is 5.25 Å². The lowest BCUT2D eigenvalue weighted by molar-refractivity contribution is -0.120. The summed E-state index contributed by atoms with van der Waals surface area (Å²) in [4.78, 5) is 40.5. The van der Waals surface area contributed by atoms with E-state index in [1.165, 1.54) is 17.3 Å². The number of nitrogens with one attached hydrogen (secondary N) is 2. The third-order valence-electron chi connectivity index (χ3n) is 5.63. The Bertz CT molecular complexity index is 1210. The topological polar surface area (TPSA) is 78.5 Å². The lowest BCUT2D eigenvalue weighted by atomic mass is 10.1. The molecule has 1 unspecified atom stereocenters. The van der Waals surface area contributed by atoms with Gasteiger partial charge in [-0.15, -0.1) is 11.8 Å². The predicted octanol–water partition coefficient (Wildman–Crippen LogP) is 4.33. The first kappa shape index (κ1) is 20.3. The van der Waals surface area contributed by atoms with Crippen molar-refractivity contribution in [3.05, 3.63) is 83.9 Å². The fourth-order valence-electron chi connectivity index (χ4n) is 4.01. The molecule has 7 heteroatoms. The summed E-state index contributed by atoms with van der Waals surface area (Å²) in [5.41, 5.74) is 4.07. The van der Waals surface area contributed by atoms with Crippen molar-refractivity contribution in [3.8, 4) is 0 Å². The SMILES string of the molecule is O=C(CC1Sc2ccccc2NC1=O)Nc1ccc(C(=O)N2CCc3ccccc32)cc1. The molecular weight excluding hydrogens is 422 g/mol. The standard InChI is InChI=1S/C25H21N3O3S/c29-23(15-22-24(30)27-19-6-2-4-8-21(19)32-22)26-18-11-9-17(10-12-18)25(31)28-14-13-16-5-1-3-7-20(16)28/h1-12,22H,13-15H2,(H,26,29)(H,27,30). The largest absolute Gasteiger partial charge is 0.326 e. The highest BCUT2D eigenvalue weighted by atomic mass is 32.2. The minimum Gasteiger partial charge on any atom is -0.326 e. The van der Waals surface area contributed by atoms with Gasteiger partial charge in [0.25, 0.3) is 5.91 Å². The fourth-order valence-corrected chi connectivity index (χ4v) is 5.12. The smallest absolute Gasteiger partial charge is 0.258 e. The number of fused-ring (bicyclic) bond motifs is 2. The fraction of sp³-hybridized carbons (Fsp3) is 0.160. The molecule has 0 aliphatic carbocycles. The highest BCUT2D eigenvalue weighted by molar-refractivity contribution is 8.01. The lowest BCUT2D eigenvalue weighted by Crippen LogP contribution is -2.32. The Balaban J connectivity index is 1.21. The van der Waals surface area contributed by atoms with E-state index in [1.807, 2.05) is 48.5 Å². The van der Waals surface area contributed by atoms with Crippen LogP contribution in [0.3, 0.4) is 0 Å². The molecule has 0 saturated carbocycles. The van der Waals surface area contributed by atoms with Gasteiger partial charge < -0.3 is 15.5 Å². The van der Waals surface area contributed by atoms with E-state index in [4.69, 9.17) is 0 Å². The van der Waals surface area contributed by atoms with Crippen molar-refractivity contribution in [1.29, 1.82) is 0 Å². The molecule has 0 bridgehead atoms. The first-order valence-electron chi connectivity index (χ1n) is 10.4. The summed E-state index contributed by atoms with van der Waals surface area (Å²) < 4.78 is 0. The Morgan fingerprint density at radius 2 is 1.75 bits per heavy atom. The van der Waals surface area contributed by atoms with Crippen LogP contribution in [-0.4, -0.2) is 29.5 Å². The minimum absolute atomic E-state index is 0.0539. The molecule has 2 heterocycles. The van der Waals surface area contributed by atoms with Gasteiger partial charge in [0.2, 0.25) is 11.8 Å². The van der Waals surface area contributed by atoms with Crippen LogP contribution in [0.5, 0.6) is 0 Å². The van der Waals surface area contributed by atoms with Crippen molar-refractivity contribution < 1.29 is 14.4 Å². The number of carbonyl (C=O) groups excluding carboxylic acids is 3. The van der Waals surface area contributed by atoms with Gasteiger partial charge in [-0.2, -0.15) is 0 Å². The Hall–Kier alpha value is -3.58. The minimum atomic E-state index is -0.485. The summed E-state index contributed by atoms with van der Waals surface area (Å²) >= 11 is 1.40. The highest BCUT2D eigenvalue weighted by Gasteiger charge is 2.29. The number of para-hydroxylation sites is 2. The van der Waals surface area contributed by atoms with Crippen LogP contribution in [0.1, 0.15) is 22.3 Å². The third-order valence-corrected chi connectivity index (χ3v) is 6.90. The van der Waals surface area contributed by atoms with E-state index in [0.717, 1.165) is 22.7 Å².